The second-order valence-electron chi connectivity index (χ2n) is 7.43. The quantitative estimate of drug-likeness (QED) is 0.752. The molecule has 1 aromatic heterocycles. The average Bonchev–Trinajstić information content (AvgIpc) is 3.44. The van der Waals surface area contributed by atoms with Gasteiger partial charge in [-0.1, -0.05) is 0 Å². The predicted molar refractivity (Wildman–Crippen MR) is 106 cm³/mol. The lowest BCUT2D eigenvalue weighted by atomic mass is 10.1. The van der Waals surface area contributed by atoms with E-state index in [9.17, 15) is 13.2 Å². The largest absolute Gasteiger partial charge is 0.463 e. The minimum Gasteiger partial charge on any atom is -0.463 e. The number of quaternary nitrogens is 1. The summed E-state index contributed by atoms with van der Waals surface area (Å²) in [7, 11) is -3.21. The normalized spacial score (nSPS) is 20.4. The molecule has 2 aliphatic heterocycles. The number of amides is 1. The summed E-state index contributed by atoms with van der Waals surface area (Å²) in [6, 6.07) is 10.7. The first kappa shape index (κ1) is 19.0. The molecular formula is C20H26N3O4S+. The van der Waals surface area contributed by atoms with Gasteiger partial charge in [0.05, 0.1) is 37.3 Å². The summed E-state index contributed by atoms with van der Waals surface area (Å²) in [4.78, 5) is 14.0. The second kappa shape index (κ2) is 7.97. The van der Waals surface area contributed by atoms with Gasteiger partial charge in [0.1, 0.15) is 0 Å². The molecule has 1 atom stereocenters. The lowest BCUT2D eigenvalue weighted by Crippen LogP contribution is -3.11. The predicted octanol–water partition coefficient (Wildman–Crippen LogP) is 0.969. The number of benzene rings is 1. The van der Waals surface area contributed by atoms with Crippen molar-refractivity contribution >= 4 is 21.6 Å². The molecule has 0 saturated carbocycles. The Morgan fingerprint density at radius 1 is 1.14 bits per heavy atom. The summed E-state index contributed by atoms with van der Waals surface area (Å²) in [5, 5.41) is 3.02. The number of anilines is 1. The Hall–Kier alpha value is -2.32. The van der Waals surface area contributed by atoms with E-state index < -0.39 is 10.0 Å². The van der Waals surface area contributed by atoms with Crippen LogP contribution in [0.4, 0.5) is 5.69 Å². The highest BCUT2D eigenvalue weighted by atomic mass is 32.2. The molecule has 0 bridgehead atoms. The van der Waals surface area contributed by atoms with Gasteiger partial charge >= 0.3 is 0 Å². The molecule has 8 heteroatoms. The highest BCUT2D eigenvalue weighted by Crippen LogP contribution is 2.24. The lowest BCUT2D eigenvalue weighted by molar-refractivity contribution is -0.919. The summed E-state index contributed by atoms with van der Waals surface area (Å²) in [6.07, 6.45) is 4.70. The van der Waals surface area contributed by atoms with E-state index in [1.165, 1.54) is 22.0 Å². The average molecular weight is 405 g/mol. The number of sulfonamides is 1. The van der Waals surface area contributed by atoms with Crippen molar-refractivity contribution in [1.82, 2.24) is 5.32 Å². The Morgan fingerprint density at radius 3 is 2.50 bits per heavy atom. The van der Waals surface area contributed by atoms with E-state index in [1.807, 2.05) is 12.1 Å². The van der Waals surface area contributed by atoms with Gasteiger partial charge in [-0.2, -0.15) is 0 Å². The van der Waals surface area contributed by atoms with E-state index in [0.29, 0.717) is 30.8 Å². The smallest absolute Gasteiger partial charge is 0.251 e. The molecule has 4 rings (SSSR count). The third-order valence-electron chi connectivity index (χ3n) is 5.61. The summed E-state index contributed by atoms with van der Waals surface area (Å²) in [5.74, 6) is 0.917. The maximum Gasteiger partial charge on any atom is 0.251 e. The van der Waals surface area contributed by atoms with Crippen molar-refractivity contribution in [1.29, 1.82) is 0 Å². The van der Waals surface area contributed by atoms with Gasteiger partial charge in [0.25, 0.3) is 5.91 Å². The molecule has 28 heavy (non-hydrogen) atoms. The molecule has 0 radical (unpaired) electrons. The Labute approximate surface area is 165 Å². The van der Waals surface area contributed by atoms with Crippen LogP contribution < -0.4 is 14.5 Å². The Morgan fingerprint density at radius 2 is 1.89 bits per heavy atom. The highest BCUT2D eigenvalue weighted by molar-refractivity contribution is 7.93. The van der Waals surface area contributed by atoms with Crippen LogP contribution in [-0.4, -0.2) is 46.3 Å². The molecule has 2 aromatic rings. The fourth-order valence-corrected chi connectivity index (χ4v) is 5.68. The third-order valence-corrected chi connectivity index (χ3v) is 7.48. The van der Waals surface area contributed by atoms with Crippen LogP contribution in [-0.2, 0) is 10.0 Å². The van der Waals surface area contributed by atoms with Crippen molar-refractivity contribution in [3.63, 3.8) is 0 Å². The van der Waals surface area contributed by atoms with Crippen molar-refractivity contribution in [2.75, 3.05) is 36.2 Å². The second-order valence-corrected chi connectivity index (χ2v) is 9.44. The van der Waals surface area contributed by atoms with Gasteiger partial charge in [-0.15, -0.1) is 0 Å². The zero-order valence-corrected chi connectivity index (χ0v) is 16.6. The molecule has 150 valence electrons. The van der Waals surface area contributed by atoms with E-state index in [4.69, 9.17) is 4.42 Å². The van der Waals surface area contributed by atoms with Gasteiger partial charge in [0.2, 0.25) is 10.0 Å². The number of nitrogens with zero attached hydrogens (tertiary/aromatic N) is 1. The third kappa shape index (κ3) is 3.93. The summed E-state index contributed by atoms with van der Waals surface area (Å²) >= 11 is 0. The summed E-state index contributed by atoms with van der Waals surface area (Å²) in [6.45, 7) is 3.17. The molecule has 1 aromatic carbocycles. The molecule has 7 nitrogen and oxygen atoms in total. The molecule has 2 aliphatic rings. The number of furan rings is 1. The standard InChI is InChI=1S/C20H25N3O4S/c24-20(16-6-8-17(9-7-16)23-12-4-14-28(23,25)26)21-15-18(19-5-3-13-27-19)22-10-1-2-11-22/h3,5-9,13,18H,1-2,4,10-12,14-15H2,(H,21,24)/p+1/t18-/m0/s1. The number of hydrogen-bond acceptors (Lipinski definition) is 4. The summed E-state index contributed by atoms with van der Waals surface area (Å²) < 4.78 is 31.1. The van der Waals surface area contributed by atoms with Crippen molar-refractivity contribution in [2.45, 2.75) is 25.3 Å². The van der Waals surface area contributed by atoms with Crippen LogP contribution in [0.15, 0.2) is 47.1 Å². The van der Waals surface area contributed by atoms with Crippen LogP contribution in [0, 0.1) is 0 Å². The zero-order chi connectivity index (χ0) is 19.6. The van der Waals surface area contributed by atoms with Crippen LogP contribution in [0.2, 0.25) is 0 Å². The molecular weight excluding hydrogens is 378 g/mol. The highest BCUT2D eigenvalue weighted by Gasteiger charge is 2.30. The lowest BCUT2D eigenvalue weighted by Gasteiger charge is -2.23. The van der Waals surface area contributed by atoms with Gasteiger partial charge in [-0.3, -0.25) is 9.10 Å². The fourth-order valence-electron chi connectivity index (χ4n) is 4.12. The first-order valence-electron chi connectivity index (χ1n) is 9.81. The Bertz CT molecular complexity index is 903. The van der Waals surface area contributed by atoms with Crippen LogP contribution in [0.3, 0.4) is 0 Å². The van der Waals surface area contributed by atoms with Crippen LogP contribution in [0.25, 0.3) is 0 Å². The number of carbonyl (C=O) groups excluding carboxylic acids is 1. The SMILES string of the molecule is O=C(NC[C@@H](c1ccco1)[NH+]1CCCC1)c1ccc(N2CCCS2(=O)=O)cc1. The number of likely N-dealkylation sites (tertiary alicyclic amines) is 1. The molecule has 3 heterocycles. The summed E-state index contributed by atoms with van der Waals surface area (Å²) in [5.41, 5.74) is 1.14. The maximum absolute atomic E-state index is 12.6. The van der Waals surface area contributed by atoms with E-state index in [-0.39, 0.29) is 17.7 Å². The monoisotopic (exact) mass is 404 g/mol. The van der Waals surface area contributed by atoms with Crippen molar-refractivity contribution in [2.24, 2.45) is 0 Å². The fraction of sp³-hybridized carbons (Fsp3) is 0.450. The van der Waals surface area contributed by atoms with E-state index >= 15 is 0 Å². The van der Waals surface area contributed by atoms with Gasteiger partial charge in [-0.25, -0.2) is 8.42 Å². The Kier molecular flexibility index (Phi) is 5.41. The number of carbonyl (C=O) groups is 1. The molecule has 0 aliphatic carbocycles. The number of nitrogens with one attached hydrogen (secondary N) is 2. The van der Waals surface area contributed by atoms with Crippen molar-refractivity contribution in [3.8, 4) is 0 Å². The van der Waals surface area contributed by atoms with Crippen LogP contribution in [0.1, 0.15) is 41.4 Å². The molecule has 2 fully saturated rings. The maximum atomic E-state index is 12.6. The Balaban J connectivity index is 1.41. The van der Waals surface area contributed by atoms with Gasteiger partial charge in [0.15, 0.2) is 11.8 Å². The molecule has 1 amide bonds. The van der Waals surface area contributed by atoms with Gasteiger partial charge < -0.3 is 14.6 Å². The van der Waals surface area contributed by atoms with E-state index in [1.54, 1.807) is 30.5 Å². The van der Waals surface area contributed by atoms with Crippen LogP contribution >= 0.6 is 0 Å². The van der Waals surface area contributed by atoms with Crippen molar-refractivity contribution in [3.05, 3.63) is 54.0 Å². The number of rotatable bonds is 6. The van der Waals surface area contributed by atoms with Gasteiger partial charge in [0, 0.05) is 24.9 Å². The zero-order valence-electron chi connectivity index (χ0n) is 15.8. The molecule has 2 saturated heterocycles. The van der Waals surface area contributed by atoms with E-state index in [2.05, 4.69) is 5.32 Å². The van der Waals surface area contributed by atoms with Crippen molar-refractivity contribution < 1.29 is 22.5 Å². The molecule has 0 unspecified atom stereocenters. The molecule has 2 N–H and O–H groups in total. The topological polar surface area (TPSA) is 84.1 Å². The number of hydrogen-bond donors (Lipinski definition) is 2. The van der Waals surface area contributed by atoms with E-state index in [0.717, 1.165) is 18.8 Å². The molecule has 0 spiro atoms. The first-order chi connectivity index (χ1) is 13.5. The van der Waals surface area contributed by atoms with Crippen LogP contribution in [0.5, 0.6) is 0 Å². The van der Waals surface area contributed by atoms with Gasteiger partial charge in [-0.05, 0) is 42.8 Å². The first-order valence-corrected chi connectivity index (χ1v) is 11.4. The minimum absolute atomic E-state index is 0.107. The minimum atomic E-state index is -3.21.